The predicted octanol–water partition coefficient (Wildman–Crippen LogP) is 3.10. The predicted molar refractivity (Wildman–Crippen MR) is 85.7 cm³/mol. The first kappa shape index (κ1) is 16.0. The summed E-state index contributed by atoms with van der Waals surface area (Å²) < 4.78 is 7.18. The molecule has 0 fully saturated rings. The lowest BCUT2D eigenvalue weighted by Gasteiger charge is -2.16. The molecule has 0 aliphatic heterocycles. The van der Waals surface area contributed by atoms with Gasteiger partial charge in [-0.05, 0) is 32.4 Å². The molecule has 2 rings (SSSR count). The zero-order valence-electron chi connectivity index (χ0n) is 13.1. The molecule has 0 aliphatic rings. The van der Waals surface area contributed by atoms with E-state index in [4.69, 9.17) is 4.74 Å². The van der Waals surface area contributed by atoms with Gasteiger partial charge in [-0.1, -0.05) is 36.3 Å². The quantitative estimate of drug-likeness (QED) is 0.608. The van der Waals surface area contributed by atoms with Crippen LogP contribution in [0.25, 0.3) is 0 Å². The van der Waals surface area contributed by atoms with E-state index in [0.717, 1.165) is 5.56 Å². The van der Waals surface area contributed by atoms with Crippen LogP contribution >= 0.6 is 0 Å². The van der Waals surface area contributed by atoms with Crippen LogP contribution in [0.3, 0.4) is 0 Å². The third-order valence-corrected chi connectivity index (χ3v) is 3.42. The molecule has 2 atom stereocenters. The summed E-state index contributed by atoms with van der Waals surface area (Å²) in [6.45, 7) is 5.60. The van der Waals surface area contributed by atoms with E-state index in [2.05, 4.69) is 16.9 Å². The van der Waals surface area contributed by atoms with Gasteiger partial charge in [0.05, 0.1) is 6.04 Å². The van der Waals surface area contributed by atoms with Crippen LogP contribution in [0.1, 0.15) is 42.9 Å². The number of ether oxygens (including phenoxy) is 1. The van der Waals surface area contributed by atoms with Gasteiger partial charge in [-0.2, -0.15) is 5.10 Å². The molecule has 4 heteroatoms. The van der Waals surface area contributed by atoms with Crippen LogP contribution in [0.2, 0.25) is 0 Å². The lowest BCUT2D eigenvalue weighted by atomic mass is 10.1. The first-order valence-electron chi connectivity index (χ1n) is 7.29. The van der Waals surface area contributed by atoms with Gasteiger partial charge in [-0.25, -0.2) is 0 Å². The van der Waals surface area contributed by atoms with Crippen LogP contribution in [0.15, 0.2) is 42.6 Å². The van der Waals surface area contributed by atoms with Gasteiger partial charge in [-0.3, -0.25) is 9.48 Å². The molecule has 2 aromatic rings. The highest BCUT2D eigenvalue weighted by Gasteiger charge is 2.18. The highest BCUT2D eigenvalue weighted by atomic mass is 16.5. The largest absolute Gasteiger partial charge is 0.358 e. The first-order valence-corrected chi connectivity index (χ1v) is 7.29. The van der Waals surface area contributed by atoms with Crippen molar-refractivity contribution in [3.8, 4) is 11.8 Å². The van der Waals surface area contributed by atoms with Crippen molar-refractivity contribution in [3.63, 3.8) is 0 Å². The fourth-order valence-electron chi connectivity index (χ4n) is 2.24. The number of aromatic nitrogens is 2. The molecule has 0 saturated heterocycles. The van der Waals surface area contributed by atoms with E-state index >= 15 is 0 Å². The molecule has 1 heterocycles. The molecule has 4 nitrogen and oxygen atoms in total. The number of ketones is 1. The molecule has 0 amide bonds. The molecule has 0 radical (unpaired) electrons. The van der Waals surface area contributed by atoms with Gasteiger partial charge in [0.15, 0.2) is 0 Å². The molecule has 0 bridgehead atoms. The molecule has 0 N–H and O–H groups in total. The van der Waals surface area contributed by atoms with E-state index < -0.39 is 0 Å². The van der Waals surface area contributed by atoms with Crippen LogP contribution in [-0.4, -0.2) is 28.3 Å². The van der Waals surface area contributed by atoms with Crippen molar-refractivity contribution in [1.82, 2.24) is 9.78 Å². The first-order chi connectivity index (χ1) is 10.6. The van der Waals surface area contributed by atoms with Gasteiger partial charge in [0, 0.05) is 6.20 Å². The van der Waals surface area contributed by atoms with Crippen molar-refractivity contribution in [2.75, 3.05) is 6.61 Å². The van der Waals surface area contributed by atoms with Crippen LogP contribution < -0.4 is 0 Å². The van der Waals surface area contributed by atoms with Crippen molar-refractivity contribution in [1.29, 1.82) is 0 Å². The minimum absolute atomic E-state index is 0.00303. The Bertz CT molecular complexity index is 680. The monoisotopic (exact) mass is 296 g/mol. The second-order valence-corrected chi connectivity index (χ2v) is 5.02. The van der Waals surface area contributed by atoms with Gasteiger partial charge in [0.1, 0.15) is 18.4 Å². The maximum atomic E-state index is 12.3. The maximum absolute atomic E-state index is 12.3. The fourth-order valence-corrected chi connectivity index (χ4v) is 2.24. The second-order valence-electron chi connectivity index (χ2n) is 5.02. The molecule has 114 valence electrons. The van der Waals surface area contributed by atoms with Crippen molar-refractivity contribution < 1.29 is 9.53 Å². The van der Waals surface area contributed by atoms with Gasteiger partial charge in [0.25, 0.3) is 0 Å². The van der Waals surface area contributed by atoms with Crippen molar-refractivity contribution in [2.45, 2.75) is 32.9 Å². The number of Topliss-reactive ketones (excluding diaryl/α,β-unsaturated/α-hetero) is 1. The van der Waals surface area contributed by atoms with Gasteiger partial charge >= 0.3 is 0 Å². The van der Waals surface area contributed by atoms with Crippen molar-refractivity contribution in [2.24, 2.45) is 0 Å². The number of carbonyl (C=O) groups excluding carboxylic acids is 1. The second kappa shape index (κ2) is 7.58. The molecular formula is C18H20N2O2. The minimum atomic E-state index is -0.253. The number of hydrogen-bond acceptors (Lipinski definition) is 3. The summed E-state index contributed by atoms with van der Waals surface area (Å²) in [5.41, 5.74) is 1.65. The molecule has 1 aromatic carbocycles. The summed E-state index contributed by atoms with van der Waals surface area (Å²) in [7, 11) is 0. The summed E-state index contributed by atoms with van der Waals surface area (Å²) in [4.78, 5) is 12.3. The van der Waals surface area contributed by atoms with E-state index in [1.807, 2.05) is 44.2 Å². The Labute approximate surface area is 131 Å². The topological polar surface area (TPSA) is 44.1 Å². The molecule has 1 aromatic heterocycles. The van der Waals surface area contributed by atoms with Crippen LogP contribution in [-0.2, 0) is 4.74 Å². The lowest BCUT2D eigenvalue weighted by Crippen LogP contribution is -2.20. The minimum Gasteiger partial charge on any atom is -0.358 e. The van der Waals surface area contributed by atoms with Crippen molar-refractivity contribution >= 4 is 5.78 Å². The lowest BCUT2D eigenvalue weighted by molar-refractivity contribution is 0.0667. The molecular weight excluding hydrogens is 276 g/mol. The zero-order valence-corrected chi connectivity index (χ0v) is 13.1. The molecule has 0 aliphatic carbocycles. The van der Waals surface area contributed by atoms with Gasteiger partial charge in [-0.15, -0.1) is 5.92 Å². The molecule has 0 saturated carbocycles. The SMILES string of the molecule is CC#CC(C)OCC(=O)c1ccnn1[C@H](C)c1ccccc1. The molecule has 1 unspecified atom stereocenters. The van der Waals surface area contributed by atoms with Crippen LogP contribution in [0.4, 0.5) is 0 Å². The Hall–Kier alpha value is -2.38. The third-order valence-electron chi connectivity index (χ3n) is 3.42. The Kier molecular flexibility index (Phi) is 5.51. The Balaban J connectivity index is 2.11. The number of benzene rings is 1. The highest BCUT2D eigenvalue weighted by molar-refractivity contribution is 5.95. The summed E-state index contributed by atoms with van der Waals surface area (Å²) >= 11 is 0. The Morgan fingerprint density at radius 3 is 2.68 bits per heavy atom. The normalized spacial score (nSPS) is 13.0. The smallest absolute Gasteiger partial charge is 0.206 e. The van der Waals surface area contributed by atoms with E-state index in [-0.39, 0.29) is 24.5 Å². The average molecular weight is 296 g/mol. The van der Waals surface area contributed by atoms with Gasteiger partial charge < -0.3 is 4.74 Å². The maximum Gasteiger partial charge on any atom is 0.206 e. The Morgan fingerprint density at radius 1 is 1.27 bits per heavy atom. The zero-order chi connectivity index (χ0) is 15.9. The number of carbonyl (C=O) groups is 1. The summed E-state index contributed by atoms with van der Waals surface area (Å²) in [5, 5.41) is 4.29. The molecule has 22 heavy (non-hydrogen) atoms. The van der Waals surface area contributed by atoms with E-state index in [1.54, 1.807) is 23.9 Å². The fraction of sp³-hybridized carbons (Fsp3) is 0.333. The van der Waals surface area contributed by atoms with Crippen LogP contribution in [0, 0.1) is 11.8 Å². The number of nitrogens with zero attached hydrogens (tertiary/aromatic N) is 2. The van der Waals surface area contributed by atoms with E-state index in [1.165, 1.54) is 0 Å². The van der Waals surface area contributed by atoms with Gasteiger partial charge in [0.2, 0.25) is 5.78 Å². The van der Waals surface area contributed by atoms with E-state index in [9.17, 15) is 4.79 Å². The summed E-state index contributed by atoms with van der Waals surface area (Å²) in [6, 6.07) is 11.7. The standard InChI is InChI=1S/C18H20N2O2/c1-4-8-14(2)22-13-18(21)17-11-12-19-20(17)15(3)16-9-6-5-7-10-16/h5-7,9-12,14-15H,13H2,1-3H3/t14?,15-/m1/s1. The third kappa shape index (κ3) is 3.84. The molecule has 0 spiro atoms. The highest BCUT2D eigenvalue weighted by Crippen LogP contribution is 2.18. The number of rotatable bonds is 6. The number of hydrogen-bond donors (Lipinski definition) is 0. The Morgan fingerprint density at radius 2 is 2.00 bits per heavy atom. The summed E-state index contributed by atoms with van der Waals surface area (Å²) in [6.07, 6.45) is 1.39. The van der Waals surface area contributed by atoms with Crippen molar-refractivity contribution in [3.05, 3.63) is 53.9 Å². The summed E-state index contributed by atoms with van der Waals surface area (Å²) in [5.74, 6) is 5.54. The van der Waals surface area contributed by atoms with Crippen LogP contribution in [0.5, 0.6) is 0 Å². The van der Waals surface area contributed by atoms with E-state index in [0.29, 0.717) is 5.69 Å². The average Bonchev–Trinajstić information content (AvgIpc) is 3.02.